The maximum atomic E-state index is 4.79. The lowest BCUT2D eigenvalue weighted by atomic mass is 9.51. The third-order valence-corrected chi connectivity index (χ3v) is 12.6. The van der Waals surface area contributed by atoms with Crippen molar-refractivity contribution in [2.75, 3.05) is 0 Å². The van der Waals surface area contributed by atoms with Gasteiger partial charge in [-0.05, 0) is 89.5 Å². The van der Waals surface area contributed by atoms with E-state index in [9.17, 15) is 0 Å². The average Bonchev–Trinajstić information content (AvgIpc) is 3.71. The smallest absolute Gasteiger partial charge is 0.0780 e. The summed E-state index contributed by atoms with van der Waals surface area (Å²) in [5.74, 6) is 0. The standard InChI is InChI=1S/C53H33N/c1-5-22-43-39(16-1)40-17-2-6-23-44(40)52(43)47-26-9-10-27-48(47)53(45-24-7-3-18-41(45)42-19-4-8-25-46(42)53)50-37(20-12-28-49(50)52)34-29-31-35(32-30-34)38-21-11-14-36-15-13-33-54-51(36)38/h1-33H. The molecule has 0 atom stereocenters. The van der Waals surface area contributed by atoms with Crippen molar-refractivity contribution in [1.82, 2.24) is 4.98 Å². The summed E-state index contributed by atoms with van der Waals surface area (Å²) in [5.41, 5.74) is 20.9. The Morgan fingerprint density at radius 1 is 0.278 bits per heavy atom. The molecule has 1 heterocycles. The second-order valence-corrected chi connectivity index (χ2v) is 14.9. The maximum absolute atomic E-state index is 4.79. The molecule has 8 aromatic carbocycles. The second-order valence-electron chi connectivity index (χ2n) is 14.9. The zero-order valence-corrected chi connectivity index (χ0v) is 29.5. The van der Waals surface area contributed by atoms with Crippen LogP contribution < -0.4 is 0 Å². The van der Waals surface area contributed by atoms with E-state index in [-0.39, 0.29) is 0 Å². The monoisotopic (exact) mass is 683 g/mol. The van der Waals surface area contributed by atoms with Crippen LogP contribution in [-0.4, -0.2) is 4.98 Å². The topological polar surface area (TPSA) is 12.9 Å². The number of hydrogen-bond acceptors (Lipinski definition) is 1. The Labute approximate surface area is 314 Å². The predicted molar refractivity (Wildman–Crippen MR) is 221 cm³/mol. The fraction of sp³-hybridized carbons (Fsp3) is 0.0377. The Morgan fingerprint density at radius 2 is 0.667 bits per heavy atom. The van der Waals surface area contributed by atoms with Gasteiger partial charge in [-0.1, -0.05) is 188 Å². The second kappa shape index (κ2) is 10.9. The third-order valence-electron chi connectivity index (χ3n) is 12.6. The number of rotatable bonds is 2. The molecule has 1 heteroatoms. The van der Waals surface area contributed by atoms with Crippen LogP contribution in [0.2, 0.25) is 0 Å². The summed E-state index contributed by atoms with van der Waals surface area (Å²) < 4.78 is 0. The van der Waals surface area contributed by atoms with Crippen LogP contribution in [0.4, 0.5) is 0 Å². The third kappa shape index (κ3) is 3.57. The molecule has 0 amide bonds. The van der Waals surface area contributed by atoms with Crippen molar-refractivity contribution in [3.8, 4) is 44.5 Å². The molecule has 0 saturated carbocycles. The molecule has 1 nitrogen and oxygen atoms in total. The number of fused-ring (bicyclic) bond motifs is 17. The quantitative estimate of drug-likeness (QED) is 0.177. The van der Waals surface area contributed by atoms with Gasteiger partial charge in [0.05, 0.1) is 16.3 Å². The van der Waals surface area contributed by atoms with Gasteiger partial charge in [-0.2, -0.15) is 0 Å². The van der Waals surface area contributed by atoms with Crippen molar-refractivity contribution in [2.24, 2.45) is 0 Å². The zero-order valence-electron chi connectivity index (χ0n) is 29.5. The minimum absolute atomic E-state index is 0.499. The van der Waals surface area contributed by atoms with Gasteiger partial charge in [0.1, 0.15) is 0 Å². The number of nitrogens with zero attached hydrogens (tertiary/aromatic N) is 1. The molecule has 0 bridgehead atoms. The Kier molecular flexibility index (Phi) is 5.97. The Balaban J connectivity index is 1.23. The van der Waals surface area contributed by atoms with E-state index in [4.69, 9.17) is 4.98 Å². The van der Waals surface area contributed by atoms with E-state index in [2.05, 4.69) is 188 Å². The van der Waals surface area contributed by atoms with Crippen LogP contribution in [0.1, 0.15) is 44.5 Å². The maximum Gasteiger partial charge on any atom is 0.0780 e. The molecule has 250 valence electrons. The number of benzene rings is 8. The van der Waals surface area contributed by atoms with Crippen LogP contribution in [0, 0.1) is 0 Å². The lowest BCUT2D eigenvalue weighted by Crippen LogP contribution is -2.44. The lowest BCUT2D eigenvalue weighted by Gasteiger charge is -2.49. The van der Waals surface area contributed by atoms with Gasteiger partial charge in [0.25, 0.3) is 0 Å². The number of pyridine rings is 1. The Bertz CT molecular complexity index is 2910. The van der Waals surface area contributed by atoms with Crippen LogP contribution in [0.15, 0.2) is 200 Å². The molecule has 2 spiro atoms. The van der Waals surface area contributed by atoms with Crippen molar-refractivity contribution < 1.29 is 0 Å². The lowest BCUT2D eigenvalue weighted by molar-refractivity contribution is 0.634. The molecule has 3 aliphatic rings. The minimum Gasteiger partial charge on any atom is -0.256 e. The van der Waals surface area contributed by atoms with Gasteiger partial charge in [-0.3, -0.25) is 4.98 Å². The van der Waals surface area contributed by atoms with Gasteiger partial charge in [0, 0.05) is 17.1 Å². The first-order chi connectivity index (χ1) is 26.8. The fourth-order valence-corrected chi connectivity index (χ4v) is 10.7. The highest BCUT2D eigenvalue weighted by Crippen LogP contribution is 2.68. The molecule has 9 aromatic rings. The number of hydrogen-bond donors (Lipinski definition) is 0. The highest BCUT2D eigenvalue weighted by Gasteiger charge is 2.59. The van der Waals surface area contributed by atoms with Crippen LogP contribution >= 0.6 is 0 Å². The zero-order chi connectivity index (χ0) is 35.4. The van der Waals surface area contributed by atoms with Gasteiger partial charge in [-0.15, -0.1) is 0 Å². The molecule has 0 radical (unpaired) electrons. The van der Waals surface area contributed by atoms with Crippen LogP contribution in [0.25, 0.3) is 55.4 Å². The Morgan fingerprint density at radius 3 is 1.24 bits per heavy atom. The molecule has 54 heavy (non-hydrogen) atoms. The summed E-state index contributed by atoms with van der Waals surface area (Å²) in [5, 5.41) is 1.15. The number of aromatic nitrogens is 1. The van der Waals surface area contributed by atoms with Crippen LogP contribution in [0.3, 0.4) is 0 Å². The average molecular weight is 684 g/mol. The van der Waals surface area contributed by atoms with E-state index in [1.807, 2.05) is 12.3 Å². The van der Waals surface area contributed by atoms with Gasteiger partial charge in [-0.25, -0.2) is 0 Å². The van der Waals surface area contributed by atoms with E-state index in [1.54, 1.807) is 0 Å². The molecular formula is C53H33N. The van der Waals surface area contributed by atoms with Gasteiger partial charge < -0.3 is 0 Å². The van der Waals surface area contributed by atoms with Gasteiger partial charge in [0.2, 0.25) is 0 Å². The van der Waals surface area contributed by atoms with Crippen LogP contribution in [-0.2, 0) is 10.8 Å². The van der Waals surface area contributed by atoms with Crippen molar-refractivity contribution in [3.05, 3.63) is 245 Å². The van der Waals surface area contributed by atoms with E-state index >= 15 is 0 Å². The molecular weight excluding hydrogens is 651 g/mol. The highest BCUT2D eigenvalue weighted by molar-refractivity contribution is 5.97. The molecule has 0 fully saturated rings. The Hall–Kier alpha value is -6.83. The van der Waals surface area contributed by atoms with Crippen molar-refractivity contribution in [2.45, 2.75) is 10.8 Å². The molecule has 0 saturated heterocycles. The van der Waals surface area contributed by atoms with Crippen molar-refractivity contribution in [3.63, 3.8) is 0 Å². The summed E-state index contributed by atoms with van der Waals surface area (Å²) >= 11 is 0. The van der Waals surface area contributed by atoms with E-state index < -0.39 is 10.8 Å². The fourth-order valence-electron chi connectivity index (χ4n) is 10.7. The first kappa shape index (κ1) is 29.7. The molecule has 3 aliphatic carbocycles. The number of para-hydroxylation sites is 1. The SMILES string of the molecule is c1ccc2c(c1)-c1ccccc1C21c2ccccc2C2(c3ccccc3-c3ccccc32)c2c(-c3ccc(-c4cccc5cccnc45)cc3)cccc21. The first-order valence-electron chi connectivity index (χ1n) is 18.9. The van der Waals surface area contributed by atoms with Gasteiger partial charge >= 0.3 is 0 Å². The summed E-state index contributed by atoms with van der Waals surface area (Å²) in [7, 11) is 0. The molecule has 0 aliphatic heterocycles. The largest absolute Gasteiger partial charge is 0.256 e. The van der Waals surface area contributed by atoms with E-state index in [0.29, 0.717) is 0 Å². The molecule has 0 unspecified atom stereocenters. The summed E-state index contributed by atoms with van der Waals surface area (Å²) in [6.07, 6.45) is 1.89. The van der Waals surface area contributed by atoms with Crippen molar-refractivity contribution >= 4 is 10.9 Å². The molecule has 12 rings (SSSR count). The van der Waals surface area contributed by atoms with Crippen LogP contribution in [0.5, 0.6) is 0 Å². The van der Waals surface area contributed by atoms with E-state index in [0.717, 1.165) is 16.5 Å². The summed E-state index contributed by atoms with van der Waals surface area (Å²) in [6, 6.07) is 72.8. The first-order valence-corrected chi connectivity index (χ1v) is 18.9. The summed E-state index contributed by atoms with van der Waals surface area (Å²) in [6.45, 7) is 0. The normalized spacial score (nSPS) is 14.6. The predicted octanol–water partition coefficient (Wildman–Crippen LogP) is 12.6. The minimum atomic E-state index is -0.536. The molecule has 0 N–H and O–H groups in total. The van der Waals surface area contributed by atoms with Gasteiger partial charge in [0.15, 0.2) is 0 Å². The van der Waals surface area contributed by atoms with E-state index in [1.165, 1.54) is 83.5 Å². The molecule has 1 aromatic heterocycles. The van der Waals surface area contributed by atoms with Crippen molar-refractivity contribution in [1.29, 1.82) is 0 Å². The summed E-state index contributed by atoms with van der Waals surface area (Å²) in [4.78, 5) is 4.79. The highest BCUT2D eigenvalue weighted by atomic mass is 14.7.